The zero-order chi connectivity index (χ0) is 21.6. The van der Waals surface area contributed by atoms with Gasteiger partial charge >= 0.3 is 0 Å². The highest BCUT2D eigenvalue weighted by molar-refractivity contribution is 7.16. The van der Waals surface area contributed by atoms with Gasteiger partial charge in [0.15, 0.2) is 4.80 Å². The molecule has 0 atom stereocenters. The summed E-state index contributed by atoms with van der Waals surface area (Å²) in [6.07, 6.45) is 0. The molecule has 0 fully saturated rings. The number of fused-ring (bicyclic) bond motifs is 1. The monoisotopic (exact) mass is 450 g/mol. The molecule has 0 bridgehead atoms. The van der Waals surface area contributed by atoms with Crippen LogP contribution in [0.4, 0.5) is 0 Å². The van der Waals surface area contributed by atoms with Crippen LogP contribution in [0.3, 0.4) is 0 Å². The molecule has 0 saturated carbocycles. The maximum absolute atomic E-state index is 13.5. The first-order valence-corrected chi connectivity index (χ1v) is 11.4. The fourth-order valence-corrected chi connectivity index (χ4v) is 5.03. The Morgan fingerprint density at radius 2 is 1.65 bits per heavy atom. The Hall–Kier alpha value is -2.73. The van der Waals surface area contributed by atoms with Gasteiger partial charge in [-0.05, 0) is 30.2 Å². The molecule has 0 aliphatic heterocycles. The number of halogens is 1. The Labute approximate surface area is 190 Å². The summed E-state index contributed by atoms with van der Waals surface area (Å²) in [7, 11) is 0. The summed E-state index contributed by atoms with van der Waals surface area (Å²) in [5.41, 5.74) is 2.72. The van der Waals surface area contributed by atoms with Crippen molar-refractivity contribution < 1.29 is 9.53 Å². The smallest absolute Gasteiger partial charge is 0.260 e. The number of benzene rings is 3. The number of nitrogens with zero attached hydrogens (tertiary/aromatic N) is 2. The van der Waals surface area contributed by atoms with Gasteiger partial charge in [-0.3, -0.25) is 4.79 Å². The number of carbonyl (C=O) groups is 1. The maximum Gasteiger partial charge on any atom is 0.260 e. The Kier molecular flexibility index (Phi) is 6.97. The lowest BCUT2D eigenvalue weighted by atomic mass is 9.91. The van der Waals surface area contributed by atoms with E-state index in [-0.39, 0.29) is 5.91 Å². The minimum Gasteiger partial charge on any atom is -0.380 e. The predicted octanol–water partition coefficient (Wildman–Crippen LogP) is 5.65. The van der Waals surface area contributed by atoms with E-state index < -0.39 is 5.92 Å². The molecule has 0 saturated heterocycles. The molecule has 31 heavy (non-hydrogen) atoms. The highest BCUT2D eigenvalue weighted by Gasteiger charge is 2.23. The van der Waals surface area contributed by atoms with Crippen LogP contribution in [-0.4, -0.2) is 23.7 Å². The van der Waals surface area contributed by atoms with E-state index in [0.717, 1.165) is 21.3 Å². The quantitative estimate of drug-likeness (QED) is 0.341. The molecule has 4 nitrogen and oxygen atoms in total. The van der Waals surface area contributed by atoms with E-state index in [1.807, 2.05) is 90.4 Å². The summed E-state index contributed by atoms with van der Waals surface area (Å²) in [6.45, 7) is 3.69. The zero-order valence-electron chi connectivity index (χ0n) is 17.2. The number of aromatic nitrogens is 1. The van der Waals surface area contributed by atoms with Gasteiger partial charge in [0.05, 0.1) is 27.8 Å². The largest absolute Gasteiger partial charge is 0.380 e. The second-order valence-corrected chi connectivity index (χ2v) is 8.44. The van der Waals surface area contributed by atoms with Crippen LogP contribution in [0, 0.1) is 0 Å². The van der Waals surface area contributed by atoms with Crippen molar-refractivity contribution in [2.24, 2.45) is 4.99 Å². The first-order chi connectivity index (χ1) is 15.2. The van der Waals surface area contributed by atoms with Gasteiger partial charge in [0.2, 0.25) is 0 Å². The molecule has 0 unspecified atom stereocenters. The maximum atomic E-state index is 13.5. The van der Waals surface area contributed by atoms with Gasteiger partial charge in [-0.2, -0.15) is 4.99 Å². The molecule has 0 aliphatic rings. The van der Waals surface area contributed by atoms with E-state index in [0.29, 0.717) is 29.6 Å². The highest BCUT2D eigenvalue weighted by atomic mass is 35.5. The zero-order valence-corrected chi connectivity index (χ0v) is 18.8. The second-order valence-electron chi connectivity index (χ2n) is 7.02. The summed E-state index contributed by atoms with van der Waals surface area (Å²) < 4.78 is 8.54. The SMILES string of the molecule is CCOCCn1c(=NC(=O)C(c2ccccc2)c2ccccc2)sc2cccc(Cl)c21. The molecular weight excluding hydrogens is 428 g/mol. The molecule has 4 aromatic rings. The van der Waals surface area contributed by atoms with Gasteiger partial charge in [-0.25, -0.2) is 0 Å². The summed E-state index contributed by atoms with van der Waals surface area (Å²) in [6, 6.07) is 25.3. The number of thiazole rings is 1. The lowest BCUT2D eigenvalue weighted by Crippen LogP contribution is -2.22. The molecular formula is C25H23ClN2O2S. The highest BCUT2D eigenvalue weighted by Crippen LogP contribution is 2.28. The number of hydrogen-bond acceptors (Lipinski definition) is 3. The summed E-state index contributed by atoms with van der Waals surface area (Å²) in [4.78, 5) is 18.7. The lowest BCUT2D eigenvalue weighted by molar-refractivity contribution is -0.118. The standard InChI is InChI=1S/C25H23ClN2O2S/c1-2-30-17-16-28-23-20(26)14-9-15-21(23)31-25(28)27-24(29)22(18-10-5-3-6-11-18)19-12-7-4-8-13-19/h3-15,22H,2,16-17H2,1H3. The Balaban J connectivity index is 1.83. The van der Waals surface area contributed by atoms with Gasteiger partial charge < -0.3 is 9.30 Å². The molecule has 1 heterocycles. The molecule has 0 radical (unpaired) electrons. The third-order valence-electron chi connectivity index (χ3n) is 5.03. The van der Waals surface area contributed by atoms with Gasteiger partial charge in [0.25, 0.3) is 5.91 Å². The average molecular weight is 451 g/mol. The van der Waals surface area contributed by atoms with Crippen LogP contribution in [0.15, 0.2) is 83.9 Å². The van der Waals surface area contributed by atoms with Crippen molar-refractivity contribution in [1.29, 1.82) is 0 Å². The number of ether oxygens (including phenoxy) is 1. The summed E-state index contributed by atoms with van der Waals surface area (Å²) >= 11 is 7.97. The van der Waals surface area contributed by atoms with E-state index >= 15 is 0 Å². The Morgan fingerprint density at radius 3 is 2.26 bits per heavy atom. The molecule has 1 aromatic heterocycles. The van der Waals surface area contributed by atoms with Crippen LogP contribution in [0.2, 0.25) is 5.02 Å². The molecule has 3 aromatic carbocycles. The van der Waals surface area contributed by atoms with E-state index in [1.54, 1.807) is 0 Å². The van der Waals surface area contributed by atoms with Crippen LogP contribution in [-0.2, 0) is 16.1 Å². The van der Waals surface area contributed by atoms with E-state index in [9.17, 15) is 4.79 Å². The van der Waals surface area contributed by atoms with Crippen LogP contribution in [0.5, 0.6) is 0 Å². The summed E-state index contributed by atoms with van der Waals surface area (Å²) in [5.74, 6) is -0.673. The van der Waals surface area contributed by atoms with Crippen LogP contribution in [0.25, 0.3) is 10.2 Å². The normalized spacial score (nSPS) is 12.0. The second kappa shape index (κ2) is 10.1. The van der Waals surface area contributed by atoms with Gasteiger partial charge in [-0.15, -0.1) is 0 Å². The molecule has 6 heteroatoms. The first-order valence-electron chi connectivity index (χ1n) is 10.2. The summed E-state index contributed by atoms with van der Waals surface area (Å²) in [5, 5.41) is 0.641. The molecule has 4 rings (SSSR count). The van der Waals surface area contributed by atoms with E-state index in [4.69, 9.17) is 16.3 Å². The molecule has 0 N–H and O–H groups in total. The minimum absolute atomic E-state index is 0.203. The number of amides is 1. The van der Waals surface area contributed by atoms with Crippen molar-refractivity contribution in [3.05, 3.63) is 99.8 Å². The van der Waals surface area contributed by atoms with Crippen molar-refractivity contribution in [1.82, 2.24) is 4.57 Å². The topological polar surface area (TPSA) is 43.6 Å². The van der Waals surface area contributed by atoms with Gasteiger partial charge in [0.1, 0.15) is 0 Å². The van der Waals surface area contributed by atoms with Crippen molar-refractivity contribution >= 4 is 39.1 Å². The number of hydrogen-bond donors (Lipinski definition) is 0. The lowest BCUT2D eigenvalue weighted by Gasteiger charge is -2.14. The van der Waals surface area contributed by atoms with Gasteiger partial charge in [-0.1, -0.05) is 89.7 Å². The van der Waals surface area contributed by atoms with E-state index in [1.165, 1.54) is 11.3 Å². The number of para-hydroxylation sites is 1. The van der Waals surface area contributed by atoms with Gasteiger partial charge in [0, 0.05) is 13.2 Å². The van der Waals surface area contributed by atoms with Crippen LogP contribution < -0.4 is 4.80 Å². The fourth-order valence-electron chi connectivity index (χ4n) is 3.61. The van der Waals surface area contributed by atoms with Crippen LogP contribution >= 0.6 is 22.9 Å². The predicted molar refractivity (Wildman–Crippen MR) is 127 cm³/mol. The average Bonchev–Trinajstić information content (AvgIpc) is 3.14. The van der Waals surface area contributed by atoms with Crippen molar-refractivity contribution in [2.45, 2.75) is 19.4 Å². The molecule has 1 amide bonds. The Bertz CT molecular complexity index is 1190. The van der Waals surface area contributed by atoms with E-state index in [2.05, 4.69) is 4.99 Å². The third kappa shape index (κ3) is 4.79. The Morgan fingerprint density at radius 1 is 1.00 bits per heavy atom. The molecule has 0 aliphatic carbocycles. The fraction of sp³-hybridized carbons (Fsp3) is 0.200. The van der Waals surface area contributed by atoms with Crippen LogP contribution in [0.1, 0.15) is 24.0 Å². The minimum atomic E-state index is -0.469. The number of carbonyl (C=O) groups excluding carboxylic acids is 1. The van der Waals surface area contributed by atoms with Crippen molar-refractivity contribution in [3.63, 3.8) is 0 Å². The van der Waals surface area contributed by atoms with Crippen molar-refractivity contribution in [3.8, 4) is 0 Å². The molecule has 158 valence electrons. The first kappa shape index (κ1) is 21.5. The molecule has 0 spiro atoms. The number of rotatable bonds is 7. The third-order valence-corrected chi connectivity index (χ3v) is 6.38. The van der Waals surface area contributed by atoms with Crippen molar-refractivity contribution in [2.75, 3.05) is 13.2 Å².